The first-order valence-corrected chi connectivity index (χ1v) is 10.9. The second kappa shape index (κ2) is 9.04. The van der Waals surface area contributed by atoms with E-state index in [2.05, 4.69) is 15.4 Å². The Morgan fingerprint density at radius 1 is 1.29 bits per heavy atom. The number of hydrogen-bond donors (Lipinski definition) is 1. The molecule has 1 aliphatic heterocycles. The highest BCUT2D eigenvalue weighted by atomic mass is 35.5. The van der Waals surface area contributed by atoms with Crippen LogP contribution >= 0.6 is 11.6 Å². The number of carbonyl (C=O) groups excluding carboxylic acids is 1. The Kier molecular flexibility index (Phi) is 6.71. The van der Waals surface area contributed by atoms with E-state index < -0.39 is 15.9 Å². The number of benzene rings is 1. The number of nitrogens with zero attached hydrogens (tertiary/aromatic N) is 3. The number of likely N-dealkylation sites (tertiary alicyclic amines) is 1. The molecule has 3 rings (SSSR count). The molecule has 1 aliphatic rings. The largest absolute Gasteiger partial charge is 0.360 e. The van der Waals surface area contributed by atoms with Crippen molar-refractivity contribution < 1.29 is 17.7 Å². The Labute approximate surface area is 169 Å². The lowest BCUT2D eigenvalue weighted by atomic mass is 10.4. The second-order valence-electron chi connectivity index (χ2n) is 6.71. The zero-order valence-electron chi connectivity index (χ0n) is 15.6. The fraction of sp³-hybridized carbons (Fsp3) is 0.444. The predicted molar refractivity (Wildman–Crippen MR) is 106 cm³/mol. The number of aryl methyl sites for hydroxylation is 1. The van der Waals surface area contributed by atoms with Crippen molar-refractivity contribution >= 4 is 33.3 Å². The van der Waals surface area contributed by atoms with Crippen LogP contribution in [0.4, 0.5) is 5.82 Å². The van der Waals surface area contributed by atoms with Crippen molar-refractivity contribution in [3.63, 3.8) is 0 Å². The standard InChI is InChI=1S/C18H23ClN4O4S/c1-14-12-17(21-27-14)20-18(24)13-23(11-10-22-8-2-3-9-22)28(25,26)16-6-4-15(19)5-7-16/h4-7,12H,2-3,8-11,13H2,1H3,(H,20,21,24). The van der Waals surface area contributed by atoms with Gasteiger partial charge < -0.3 is 14.7 Å². The van der Waals surface area contributed by atoms with Gasteiger partial charge in [-0.25, -0.2) is 8.42 Å². The van der Waals surface area contributed by atoms with Gasteiger partial charge >= 0.3 is 0 Å². The maximum Gasteiger partial charge on any atom is 0.243 e. The van der Waals surface area contributed by atoms with E-state index >= 15 is 0 Å². The Hall–Kier alpha value is -1.94. The molecule has 2 heterocycles. The minimum atomic E-state index is -3.85. The van der Waals surface area contributed by atoms with Crippen LogP contribution in [0.5, 0.6) is 0 Å². The topological polar surface area (TPSA) is 95.8 Å². The first kappa shape index (κ1) is 20.8. The SMILES string of the molecule is Cc1cc(NC(=O)CN(CCN2CCCC2)S(=O)(=O)c2ccc(Cl)cc2)no1. The van der Waals surface area contributed by atoms with Crippen LogP contribution in [0.15, 0.2) is 39.8 Å². The van der Waals surface area contributed by atoms with Crippen LogP contribution in [0.3, 0.4) is 0 Å². The molecular weight excluding hydrogens is 404 g/mol. The lowest BCUT2D eigenvalue weighted by Gasteiger charge is -2.24. The Balaban J connectivity index is 1.74. The third-order valence-corrected chi connectivity index (χ3v) is 6.64. The zero-order chi connectivity index (χ0) is 20.1. The van der Waals surface area contributed by atoms with Gasteiger partial charge in [0.15, 0.2) is 5.82 Å². The highest BCUT2D eigenvalue weighted by molar-refractivity contribution is 7.89. The average molecular weight is 427 g/mol. The van der Waals surface area contributed by atoms with E-state index in [0.717, 1.165) is 25.9 Å². The van der Waals surface area contributed by atoms with Crippen LogP contribution in [0.1, 0.15) is 18.6 Å². The van der Waals surface area contributed by atoms with E-state index in [1.54, 1.807) is 13.0 Å². The van der Waals surface area contributed by atoms with Gasteiger partial charge in [-0.3, -0.25) is 4.79 Å². The van der Waals surface area contributed by atoms with Gasteiger partial charge in [-0.2, -0.15) is 4.31 Å². The second-order valence-corrected chi connectivity index (χ2v) is 9.09. The number of carbonyl (C=O) groups is 1. The quantitative estimate of drug-likeness (QED) is 0.696. The average Bonchev–Trinajstić information content (AvgIpc) is 3.30. The van der Waals surface area contributed by atoms with E-state index in [9.17, 15) is 13.2 Å². The lowest BCUT2D eigenvalue weighted by Crippen LogP contribution is -2.42. The summed E-state index contributed by atoms with van der Waals surface area (Å²) in [5.74, 6) is 0.327. The number of halogens is 1. The van der Waals surface area contributed by atoms with Crippen molar-refractivity contribution in [3.8, 4) is 0 Å². The van der Waals surface area contributed by atoms with Gasteiger partial charge in [0.05, 0.1) is 11.4 Å². The summed E-state index contributed by atoms with van der Waals surface area (Å²) in [7, 11) is -3.85. The van der Waals surface area contributed by atoms with E-state index in [-0.39, 0.29) is 23.8 Å². The molecule has 0 saturated carbocycles. The summed E-state index contributed by atoms with van der Waals surface area (Å²) in [5, 5.41) is 6.72. The first-order valence-electron chi connectivity index (χ1n) is 9.06. The molecule has 8 nitrogen and oxygen atoms in total. The monoisotopic (exact) mass is 426 g/mol. The van der Waals surface area contributed by atoms with E-state index in [4.69, 9.17) is 16.1 Å². The third kappa shape index (κ3) is 5.32. The molecule has 2 aromatic rings. The maximum atomic E-state index is 13.1. The van der Waals surface area contributed by atoms with Crippen molar-refractivity contribution in [1.82, 2.24) is 14.4 Å². The lowest BCUT2D eigenvalue weighted by molar-refractivity contribution is -0.116. The van der Waals surface area contributed by atoms with Crippen LogP contribution in [-0.2, 0) is 14.8 Å². The van der Waals surface area contributed by atoms with Crippen LogP contribution in [0, 0.1) is 6.92 Å². The minimum Gasteiger partial charge on any atom is -0.360 e. The minimum absolute atomic E-state index is 0.100. The molecule has 1 saturated heterocycles. The molecule has 28 heavy (non-hydrogen) atoms. The van der Waals surface area contributed by atoms with Crippen molar-refractivity contribution in [2.24, 2.45) is 0 Å². The third-order valence-electron chi connectivity index (χ3n) is 4.53. The number of aromatic nitrogens is 1. The summed E-state index contributed by atoms with van der Waals surface area (Å²) in [4.78, 5) is 14.7. The number of amides is 1. The Bertz CT molecular complexity index is 908. The number of sulfonamides is 1. The van der Waals surface area contributed by atoms with Gasteiger partial charge in [0, 0.05) is 24.2 Å². The van der Waals surface area contributed by atoms with Crippen molar-refractivity contribution in [3.05, 3.63) is 41.1 Å². The molecule has 1 N–H and O–H groups in total. The predicted octanol–water partition coefficient (Wildman–Crippen LogP) is 2.36. The Morgan fingerprint density at radius 3 is 2.57 bits per heavy atom. The van der Waals surface area contributed by atoms with Crippen molar-refractivity contribution in [2.45, 2.75) is 24.7 Å². The van der Waals surface area contributed by atoms with Gasteiger partial charge in [-0.05, 0) is 57.1 Å². The normalized spacial score (nSPS) is 15.2. The van der Waals surface area contributed by atoms with Gasteiger partial charge in [0.1, 0.15) is 5.76 Å². The number of hydrogen-bond acceptors (Lipinski definition) is 6. The van der Waals surface area contributed by atoms with Crippen LogP contribution < -0.4 is 5.32 Å². The molecule has 0 aliphatic carbocycles. The van der Waals surface area contributed by atoms with Crippen molar-refractivity contribution in [2.75, 3.05) is 38.0 Å². The molecule has 0 spiro atoms. The van der Waals surface area contributed by atoms with Gasteiger partial charge in [-0.15, -0.1) is 0 Å². The highest BCUT2D eigenvalue weighted by Crippen LogP contribution is 2.19. The zero-order valence-corrected chi connectivity index (χ0v) is 17.2. The summed E-state index contributed by atoms with van der Waals surface area (Å²) >= 11 is 5.87. The van der Waals surface area contributed by atoms with E-state index in [1.165, 1.54) is 28.6 Å². The van der Waals surface area contributed by atoms with Gasteiger partial charge in [0.25, 0.3) is 0 Å². The molecule has 0 atom stereocenters. The van der Waals surface area contributed by atoms with E-state index in [0.29, 0.717) is 17.3 Å². The number of rotatable bonds is 8. The summed E-state index contributed by atoms with van der Waals surface area (Å²) < 4.78 is 32.3. The Morgan fingerprint density at radius 2 is 1.96 bits per heavy atom. The summed E-state index contributed by atoms with van der Waals surface area (Å²) in [6, 6.07) is 7.50. The summed E-state index contributed by atoms with van der Waals surface area (Å²) in [6.45, 7) is 4.07. The maximum absolute atomic E-state index is 13.1. The first-order chi connectivity index (χ1) is 13.3. The molecule has 1 fully saturated rings. The van der Waals surface area contributed by atoms with Crippen molar-refractivity contribution in [1.29, 1.82) is 0 Å². The fourth-order valence-corrected chi connectivity index (χ4v) is 4.58. The molecule has 0 radical (unpaired) electrons. The summed E-state index contributed by atoms with van der Waals surface area (Å²) in [5.41, 5.74) is 0. The molecule has 1 amide bonds. The highest BCUT2D eigenvalue weighted by Gasteiger charge is 2.28. The fourth-order valence-electron chi connectivity index (χ4n) is 3.07. The molecule has 1 aromatic heterocycles. The molecule has 0 unspecified atom stereocenters. The van der Waals surface area contributed by atoms with Crippen LogP contribution in [0.25, 0.3) is 0 Å². The number of nitrogens with one attached hydrogen (secondary N) is 1. The summed E-state index contributed by atoms with van der Waals surface area (Å²) in [6.07, 6.45) is 2.21. The van der Waals surface area contributed by atoms with Crippen LogP contribution in [-0.4, -0.2) is 61.4 Å². The molecule has 152 valence electrons. The molecule has 10 heteroatoms. The van der Waals surface area contributed by atoms with E-state index in [1.807, 2.05) is 0 Å². The molecular formula is C18H23ClN4O4S. The molecule has 1 aromatic carbocycles. The number of anilines is 1. The van der Waals surface area contributed by atoms with Gasteiger partial charge in [-0.1, -0.05) is 16.8 Å². The van der Waals surface area contributed by atoms with Gasteiger partial charge in [0.2, 0.25) is 15.9 Å². The van der Waals surface area contributed by atoms with Crippen LogP contribution in [0.2, 0.25) is 5.02 Å². The smallest absolute Gasteiger partial charge is 0.243 e. The molecule has 0 bridgehead atoms.